The lowest BCUT2D eigenvalue weighted by atomic mass is 9.42. The molecule has 0 heterocycles. The van der Waals surface area contributed by atoms with Crippen molar-refractivity contribution in [1.82, 2.24) is 0 Å². The molecule has 168 valence electrons. The number of hydrogen-bond donors (Lipinski definition) is 0. The summed E-state index contributed by atoms with van der Waals surface area (Å²) >= 11 is 0. The lowest BCUT2D eigenvalue weighted by molar-refractivity contribution is -0.141. The van der Waals surface area contributed by atoms with Crippen LogP contribution < -0.4 is 0 Å². The van der Waals surface area contributed by atoms with Gasteiger partial charge in [-0.3, -0.25) is 0 Å². The van der Waals surface area contributed by atoms with Gasteiger partial charge in [0.25, 0.3) is 0 Å². The van der Waals surface area contributed by atoms with Crippen LogP contribution in [0, 0.1) is 57.7 Å². The van der Waals surface area contributed by atoms with Gasteiger partial charge in [0.2, 0.25) is 0 Å². The van der Waals surface area contributed by atoms with Crippen LogP contribution >= 0.6 is 0 Å². The molecule has 0 nitrogen and oxygen atoms in total. The molecule has 0 amide bonds. The molecule has 4 saturated carbocycles. The van der Waals surface area contributed by atoms with Gasteiger partial charge in [-0.15, -0.1) is 0 Å². The number of hydrogen-bond acceptors (Lipinski definition) is 0. The van der Waals surface area contributed by atoms with Crippen molar-refractivity contribution in [2.75, 3.05) is 0 Å². The van der Waals surface area contributed by atoms with Gasteiger partial charge in [-0.25, -0.2) is 0 Å². The van der Waals surface area contributed by atoms with E-state index >= 15 is 0 Å². The standard InChI is InChI=1S/C29H52/c1-20(2)10-8-11-21(3)24-16-19-29(7)26-14-13-25-22(12-9-17-27(25,4)5)23(26)15-18-28(24,29)6/h20-26H,8-19H2,1-7H3/t21-,22-,23-,24-,25?,26-,28-,29+/m1/s1. The highest BCUT2D eigenvalue weighted by Crippen LogP contribution is 2.72. The maximum Gasteiger partial charge on any atom is -0.0238 e. The van der Waals surface area contributed by atoms with E-state index in [0.29, 0.717) is 16.2 Å². The Labute approximate surface area is 183 Å². The Morgan fingerprint density at radius 3 is 2.07 bits per heavy atom. The van der Waals surface area contributed by atoms with Crippen LogP contribution in [-0.4, -0.2) is 0 Å². The highest BCUT2D eigenvalue weighted by atomic mass is 14.7. The van der Waals surface area contributed by atoms with Crippen LogP contribution in [0.1, 0.15) is 126 Å². The third-order valence-electron chi connectivity index (χ3n) is 11.8. The molecule has 29 heavy (non-hydrogen) atoms. The maximum absolute atomic E-state index is 2.78. The SMILES string of the molecule is CC(C)CCC[C@@H](C)[C@H]1CC[C@@]2(C)[C@@H]3CCC4[C@H](CCCC4(C)C)[C@H]3CC[C@]12C. The molecule has 4 aliphatic carbocycles. The first-order chi connectivity index (χ1) is 13.6. The Hall–Kier alpha value is 0. The first kappa shape index (κ1) is 22.2. The van der Waals surface area contributed by atoms with Gasteiger partial charge in [-0.05, 0) is 109 Å². The largest absolute Gasteiger partial charge is 0.0628 e. The van der Waals surface area contributed by atoms with E-state index in [1.54, 1.807) is 25.7 Å². The van der Waals surface area contributed by atoms with Gasteiger partial charge in [0.05, 0.1) is 0 Å². The minimum atomic E-state index is 0.610. The van der Waals surface area contributed by atoms with E-state index in [0.717, 1.165) is 41.4 Å². The Balaban J connectivity index is 1.51. The highest BCUT2D eigenvalue weighted by molar-refractivity contribution is 5.13. The van der Waals surface area contributed by atoms with Crippen molar-refractivity contribution in [3.63, 3.8) is 0 Å². The third kappa shape index (κ3) is 3.55. The van der Waals surface area contributed by atoms with E-state index < -0.39 is 0 Å². The van der Waals surface area contributed by atoms with Gasteiger partial charge in [-0.2, -0.15) is 0 Å². The summed E-state index contributed by atoms with van der Waals surface area (Å²) in [6.07, 6.45) is 18.1. The second-order valence-corrected chi connectivity index (χ2v) is 13.8. The second-order valence-electron chi connectivity index (χ2n) is 13.8. The lowest BCUT2D eigenvalue weighted by Crippen LogP contribution is -2.55. The average Bonchev–Trinajstić information content (AvgIpc) is 2.92. The van der Waals surface area contributed by atoms with Crippen molar-refractivity contribution in [3.05, 3.63) is 0 Å². The van der Waals surface area contributed by atoms with E-state index in [-0.39, 0.29) is 0 Å². The first-order valence-electron chi connectivity index (χ1n) is 13.6. The van der Waals surface area contributed by atoms with Crippen molar-refractivity contribution >= 4 is 0 Å². The van der Waals surface area contributed by atoms with Gasteiger partial charge in [0, 0.05) is 0 Å². The van der Waals surface area contributed by atoms with Gasteiger partial charge in [0.15, 0.2) is 0 Å². The van der Waals surface area contributed by atoms with Crippen molar-refractivity contribution in [2.45, 2.75) is 126 Å². The molecule has 0 spiro atoms. The van der Waals surface area contributed by atoms with Crippen LogP contribution in [0.4, 0.5) is 0 Å². The summed E-state index contributed by atoms with van der Waals surface area (Å²) in [6.45, 7) is 18.1. The zero-order valence-corrected chi connectivity index (χ0v) is 21.0. The molecule has 0 radical (unpaired) electrons. The number of rotatable bonds is 5. The highest BCUT2D eigenvalue weighted by Gasteiger charge is 2.64. The third-order valence-corrected chi connectivity index (χ3v) is 11.8. The molecule has 0 saturated heterocycles. The van der Waals surface area contributed by atoms with E-state index in [4.69, 9.17) is 0 Å². The molecule has 0 bridgehead atoms. The minimum Gasteiger partial charge on any atom is -0.0628 e. The van der Waals surface area contributed by atoms with Crippen molar-refractivity contribution in [2.24, 2.45) is 57.7 Å². The van der Waals surface area contributed by atoms with Crippen LogP contribution in [0.25, 0.3) is 0 Å². The predicted molar refractivity (Wildman–Crippen MR) is 127 cm³/mol. The van der Waals surface area contributed by atoms with E-state index in [2.05, 4.69) is 48.5 Å². The summed E-state index contributed by atoms with van der Waals surface area (Å²) in [5.74, 6) is 6.96. The molecule has 4 rings (SSSR count). The molecular formula is C29H52. The first-order valence-corrected chi connectivity index (χ1v) is 13.6. The van der Waals surface area contributed by atoms with E-state index in [1.807, 2.05) is 0 Å². The lowest BCUT2D eigenvalue weighted by Gasteiger charge is -2.63. The maximum atomic E-state index is 2.78. The van der Waals surface area contributed by atoms with Gasteiger partial charge in [-0.1, -0.05) is 74.1 Å². The molecule has 0 aromatic carbocycles. The fourth-order valence-corrected chi connectivity index (χ4v) is 9.95. The van der Waals surface area contributed by atoms with Crippen LogP contribution in [0.2, 0.25) is 0 Å². The Kier molecular flexibility index (Phi) is 6.01. The van der Waals surface area contributed by atoms with Crippen LogP contribution in [0.15, 0.2) is 0 Å². The Morgan fingerprint density at radius 2 is 1.34 bits per heavy atom. The molecule has 8 atom stereocenters. The molecule has 0 aromatic heterocycles. The second kappa shape index (κ2) is 7.85. The van der Waals surface area contributed by atoms with Crippen molar-refractivity contribution in [1.29, 1.82) is 0 Å². The van der Waals surface area contributed by atoms with Crippen LogP contribution in [-0.2, 0) is 0 Å². The molecule has 4 fully saturated rings. The monoisotopic (exact) mass is 400 g/mol. The molecule has 0 heteroatoms. The van der Waals surface area contributed by atoms with Crippen LogP contribution in [0.3, 0.4) is 0 Å². The van der Waals surface area contributed by atoms with Crippen molar-refractivity contribution in [3.8, 4) is 0 Å². The quantitative estimate of drug-likeness (QED) is 0.431. The number of fused-ring (bicyclic) bond motifs is 5. The zero-order valence-electron chi connectivity index (χ0n) is 21.0. The fraction of sp³-hybridized carbons (Fsp3) is 1.00. The molecular weight excluding hydrogens is 348 g/mol. The van der Waals surface area contributed by atoms with E-state index in [1.165, 1.54) is 51.4 Å². The summed E-state index contributed by atoms with van der Waals surface area (Å²) in [5.41, 5.74) is 1.85. The van der Waals surface area contributed by atoms with Crippen molar-refractivity contribution < 1.29 is 0 Å². The van der Waals surface area contributed by atoms with Gasteiger partial charge in [0.1, 0.15) is 0 Å². The summed E-state index contributed by atoms with van der Waals surface area (Å²) in [5, 5.41) is 0. The normalized spacial score (nSPS) is 47.4. The molecule has 1 unspecified atom stereocenters. The summed E-state index contributed by atoms with van der Waals surface area (Å²) in [6, 6.07) is 0. The summed E-state index contributed by atoms with van der Waals surface area (Å²) in [7, 11) is 0. The minimum absolute atomic E-state index is 0.610. The molecule has 0 N–H and O–H groups in total. The fourth-order valence-electron chi connectivity index (χ4n) is 9.95. The molecule has 4 aliphatic rings. The van der Waals surface area contributed by atoms with Crippen LogP contribution in [0.5, 0.6) is 0 Å². The van der Waals surface area contributed by atoms with Gasteiger partial charge < -0.3 is 0 Å². The molecule has 0 aromatic rings. The van der Waals surface area contributed by atoms with E-state index in [9.17, 15) is 0 Å². The predicted octanol–water partition coefficient (Wildman–Crippen LogP) is 9.13. The smallest absolute Gasteiger partial charge is 0.0238 e. The Bertz CT molecular complexity index is 573. The van der Waals surface area contributed by atoms with Gasteiger partial charge >= 0.3 is 0 Å². The molecule has 0 aliphatic heterocycles. The average molecular weight is 401 g/mol. The summed E-state index contributed by atoms with van der Waals surface area (Å²) < 4.78 is 0. The topological polar surface area (TPSA) is 0 Å². The summed E-state index contributed by atoms with van der Waals surface area (Å²) in [4.78, 5) is 0. The Morgan fingerprint density at radius 1 is 0.690 bits per heavy atom. The zero-order chi connectivity index (χ0) is 21.0.